The van der Waals surface area contributed by atoms with Crippen LogP contribution in [0.25, 0.3) is 10.2 Å². The maximum Gasteiger partial charge on any atom is 0.151 e. The standard InChI is InChI=1S/C11H12N2OS2/c14-8-5-12-6-10(8)16-11-13-7-3-1-2-4-9(7)15-11/h1-4,8,10,12,14H,5-6H2/t8-,10-/m1/s1. The number of β-amino-alcohol motifs (C(OH)–C–C–N with tert-alkyl or cyclic N) is 1. The van der Waals surface area contributed by atoms with Crippen LogP contribution in [0.2, 0.25) is 0 Å². The SMILES string of the molecule is O[C@@H]1CNC[C@H]1Sc1nc2ccccc2s1. The lowest BCUT2D eigenvalue weighted by Gasteiger charge is -2.09. The molecule has 84 valence electrons. The summed E-state index contributed by atoms with van der Waals surface area (Å²) in [4.78, 5) is 4.55. The molecule has 0 amide bonds. The van der Waals surface area contributed by atoms with Crippen LogP contribution in [0, 0.1) is 0 Å². The van der Waals surface area contributed by atoms with Crippen LogP contribution in [0.1, 0.15) is 0 Å². The monoisotopic (exact) mass is 252 g/mol. The van der Waals surface area contributed by atoms with Gasteiger partial charge in [0.25, 0.3) is 0 Å². The van der Waals surface area contributed by atoms with Gasteiger partial charge in [-0.1, -0.05) is 23.9 Å². The third-order valence-corrected chi connectivity index (χ3v) is 5.10. The second-order valence-electron chi connectivity index (χ2n) is 3.83. The van der Waals surface area contributed by atoms with Crippen molar-refractivity contribution < 1.29 is 5.11 Å². The van der Waals surface area contributed by atoms with Crippen molar-refractivity contribution in [2.24, 2.45) is 0 Å². The molecule has 2 heterocycles. The Balaban J connectivity index is 1.83. The molecule has 0 bridgehead atoms. The van der Waals surface area contributed by atoms with Crippen molar-refractivity contribution in [1.82, 2.24) is 10.3 Å². The number of thiazole rings is 1. The third-order valence-electron chi connectivity index (χ3n) is 2.65. The highest BCUT2D eigenvalue weighted by atomic mass is 32.2. The fourth-order valence-electron chi connectivity index (χ4n) is 1.79. The van der Waals surface area contributed by atoms with E-state index in [9.17, 15) is 5.11 Å². The van der Waals surface area contributed by atoms with E-state index in [1.807, 2.05) is 18.2 Å². The van der Waals surface area contributed by atoms with Crippen LogP contribution in [-0.2, 0) is 0 Å². The summed E-state index contributed by atoms with van der Waals surface area (Å²) in [5.41, 5.74) is 1.05. The van der Waals surface area contributed by atoms with E-state index in [4.69, 9.17) is 0 Å². The lowest BCUT2D eigenvalue weighted by molar-refractivity contribution is 0.201. The van der Waals surface area contributed by atoms with E-state index in [0.29, 0.717) is 6.54 Å². The van der Waals surface area contributed by atoms with Crippen LogP contribution in [0.3, 0.4) is 0 Å². The van der Waals surface area contributed by atoms with Crippen LogP contribution in [0.4, 0.5) is 0 Å². The van der Waals surface area contributed by atoms with E-state index >= 15 is 0 Å². The molecule has 1 aliphatic heterocycles. The van der Waals surface area contributed by atoms with Gasteiger partial charge in [0.2, 0.25) is 0 Å². The number of fused-ring (bicyclic) bond motifs is 1. The molecule has 0 saturated carbocycles. The molecule has 3 nitrogen and oxygen atoms in total. The Bertz CT molecular complexity index is 466. The molecular weight excluding hydrogens is 240 g/mol. The van der Waals surface area contributed by atoms with Gasteiger partial charge in [0.15, 0.2) is 4.34 Å². The molecule has 0 radical (unpaired) electrons. The highest BCUT2D eigenvalue weighted by Crippen LogP contribution is 2.33. The number of para-hydroxylation sites is 1. The summed E-state index contributed by atoms with van der Waals surface area (Å²) in [7, 11) is 0. The zero-order valence-corrected chi connectivity index (χ0v) is 10.2. The van der Waals surface area contributed by atoms with Gasteiger partial charge in [-0.3, -0.25) is 0 Å². The Morgan fingerprint density at radius 2 is 2.25 bits per heavy atom. The zero-order valence-electron chi connectivity index (χ0n) is 8.59. The van der Waals surface area contributed by atoms with E-state index in [2.05, 4.69) is 16.4 Å². The molecule has 1 aromatic carbocycles. The molecule has 3 rings (SSSR count). The van der Waals surface area contributed by atoms with Crippen LogP contribution in [0.5, 0.6) is 0 Å². The van der Waals surface area contributed by atoms with Crippen LogP contribution < -0.4 is 5.32 Å². The molecule has 0 aliphatic carbocycles. The van der Waals surface area contributed by atoms with Crippen molar-refractivity contribution in [1.29, 1.82) is 0 Å². The minimum absolute atomic E-state index is 0.237. The van der Waals surface area contributed by atoms with Crippen LogP contribution >= 0.6 is 23.1 Å². The van der Waals surface area contributed by atoms with Gasteiger partial charge in [0.05, 0.1) is 21.6 Å². The molecule has 0 spiro atoms. The number of nitrogens with one attached hydrogen (secondary N) is 1. The van der Waals surface area contributed by atoms with Gasteiger partial charge in [-0.05, 0) is 12.1 Å². The Morgan fingerprint density at radius 1 is 1.38 bits per heavy atom. The predicted octanol–water partition coefficient (Wildman–Crippen LogP) is 1.72. The number of hydrogen-bond donors (Lipinski definition) is 2. The van der Waals surface area contributed by atoms with Crippen molar-refractivity contribution >= 4 is 33.3 Å². The maximum absolute atomic E-state index is 9.72. The average Bonchev–Trinajstić information content (AvgIpc) is 2.85. The van der Waals surface area contributed by atoms with Crippen molar-refractivity contribution in [3.63, 3.8) is 0 Å². The first-order valence-corrected chi connectivity index (χ1v) is 6.93. The van der Waals surface area contributed by atoms with Gasteiger partial charge in [0, 0.05) is 13.1 Å². The smallest absolute Gasteiger partial charge is 0.151 e. The summed E-state index contributed by atoms with van der Waals surface area (Å²) >= 11 is 3.38. The Labute approximate surface area is 102 Å². The highest BCUT2D eigenvalue weighted by molar-refractivity contribution is 8.01. The number of thioether (sulfide) groups is 1. The number of aromatic nitrogens is 1. The topological polar surface area (TPSA) is 45.1 Å². The summed E-state index contributed by atoms with van der Waals surface area (Å²) in [6.45, 7) is 1.56. The number of rotatable bonds is 2. The summed E-state index contributed by atoms with van der Waals surface area (Å²) < 4.78 is 2.26. The van der Waals surface area contributed by atoms with E-state index in [1.54, 1.807) is 23.1 Å². The molecule has 0 unspecified atom stereocenters. The quantitative estimate of drug-likeness (QED) is 0.854. The summed E-state index contributed by atoms with van der Waals surface area (Å²) in [6.07, 6.45) is -0.253. The number of hydrogen-bond acceptors (Lipinski definition) is 5. The normalized spacial score (nSPS) is 25.3. The van der Waals surface area contributed by atoms with Crippen LogP contribution in [0.15, 0.2) is 28.6 Å². The van der Waals surface area contributed by atoms with Crippen molar-refractivity contribution in [2.75, 3.05) is 13.1 Å². The minimum Gasteiger partial charge on any atom is -0.391 e. The third kappa shape index (κ3) is 1.96. The van der Waals surface area contributed by atoms with E-state index in [0.717, 1.165) is 16.4 Å². The number of benzene rings is 1. The lowest BCUT2D eigenvalue weighted by Crippen LogP contribution is -2.19. The molecule has 1 fully saturated rings. The van der Waals surface area contributed by atoms with Gasteiger partial charge in [-0.2, -0.15) is 0 Å². The van der Waals surface area contributed by atoms with Gasteiger partial charge in [-0.15, -0.1) is 11.3 Å². The minimum atomic E-state index is -0.253. The first kappa shape index (κ1) is 10.5. The van der Waals surface area contributed by atoms with E-state index in [-0.39, 0.29) is 11.4 Å². The van der Waals surface area contributed by atoms with Gasteiger partial charge < -0.3 is 10.4 Å². The Morgan fingerprint density at radius 3 is 3.00 bits per heavy atom. The molecule has 1 aromatic heterocycles. The predicted molar refractivity (Wildman–Crippen MR) is 68.1 cm³/mol. The molecule has 1 saturated heterocycles. The average molecular weight is 252 g/mol. The number of aliphatic hydroxyl groups is 1. The fourth-order valence-corrected chi connectivity index (χ4v) is 4.19. The van der Waals surface area contributed by atoms with E-state index in [1.165, 1.54) is 4.70 Å². The molecule has 2 aromatic rings. The second kappa shape index (κ2) is 4.33. The van der Waals surface area contributed by atoms with E-state index < -0.39 is 0 Å². The number of aliphatic hydroxyl groups excluding tert-OH is 1. The maximum atomic E-state index is 9.72. The summed E-state index contributed by atoms with van der Waals surface area (Å²) in [6, 6.07) is 8.14. The Kier molecular flexibility index (Phi) is 2.85. The molecule has 2 atom stereocenters. The molecule has 5 heteroatoms. The van der Waals surface area contributed by atoms with Crippen molar-refractivity contribution in [2.45, 2.75) is 15.7 Å². The van der Waals surface area contributed by atoms with Crippen molar-refractivity contribution in [3.8, 4) is 0 Å². The Hall–Kier alpha value is -0.620. The van der Waals surface area contributed by atoms with Crippen molar-refractivity contribution in [3.05, 3.63) is 24.3 Å². The summed E-state index contributed by atoms with van der Waals surface area (Å²) in [5.74, 6) is 0. The second-order valence-corrected chi connectivity index (χ2v) is 6.35. The molecule has 1 aliphatic rings. The molecular formula is C11H12N2OS2. The van der Waals surface area contributed by atoms with Gasteiger partial charge in [0.1, 0.15) is 0 Å². The summed E-state index contributed by atoms with van der Waals surface area (Å²) in [5, 5.41) is 13.1. The first-order chi connectivity index (χ1) is 7.83. The van der Waals surface area contributed by atoms with Gasteiger partial charge >= 0.3 is 0 Å². The van der Waals surface area contributed by atoms with Gasteiger partial charge in [-0.25, -0.2) is 4.98 Å². The van der Waals surface area contributed by atoms with Crippen LogP contribution in [-0.4, -0.2) is 34.5 Å². The molecule has 16 heavy (non-hydrogen) atoms. The largest absolute Gasteiger partial charge is 0.391 e. The first-order valence-electron chi connectivity index (χ1n) is 5.24. The highest BCUT2D eigenvalue weighted by Gasteiger charge is 2.26. The lowest BCUT2D eigenvalue weighted by atomic mass is 10.3. The fraction of sp³-hybridized carbons (Fsp3) is 0.364. The zero-order chi connectivity index (χ0) is 11.0. The molecule has 2 N–H and O–H groups in total. The number of nitrogens with zero attached hydrogens (tertiary/aromatic N) is 1.